The molecule has 0 saturated heterocycles. The molecule has 0 aliphatic rings. The first kappa shape index (κ1) is 22.5. The van der Waals surface area contributed by atoms with E-state index in [1.54, 1.807) is 6.20 Å². The number of rotatable bonds is 7. The first-order valence-corrected chi connectivity index (χ1v) is 10.7. The molecule has 170 valence electrons. The van der Waals surface area contributed by atoms with Crippen LogP contribution in [-0.4, -0.2) is 16.7 Å². The molecule has 1 aromatic heterocycles. The summed E-state index contributed by atoms with van der Waals surface area (Å²) in [7, 11) is 0. The Morgan fingerprint density at radius 2 is 1.68 bits per heavy atom. The van der Waals surface area contributed by atoms with E-state index >= 15 is 0 Å². The van der Waals surface area contributed by atoms with E-state index in [9.17, 15) is 4.79 Å². The second kappa shape index (κ2) is 9.87. The normalized spacial score (nSPS) is 10.5. The summed E-state index contributed by atoms with van der Waals surface area (Å²) in [5.74, 6) is 1.19. The molecule has 0 bridgehead atoms. The van der Waals surface area contributed by atoms with Crippen molar-refractivity contribution in [3.05, 3.63) is 96.2 Å². The fraction of sp³-hybridized carbons (Fsp3) is 0.0741. The molecule has 0 spiro atoms. The summed E-state index contributed by atoms with van der Waals surface area (Å²) in [5.41, 5.74) is 16.9. The first-order valence-electron chi connectivity index (χ1n) is 10.7. The number of nitrogens with zero attached hydrogens (tertiary/aromatic N) is 1. The second-order valence-electron chi connectivity index (χ2n) is 7.77. The topological polar surface area (TPSA) is 127 Å². The SMILES string of the molecule is CC(=O)NCc1cccc(-c2ncc(-c3ccc(Oc4ccccc4)cc3)c(C(=N)N)c2N)c1. The van der Waals surface area contributed by atoms with E-state index in [1.165, 1.54) is 6.92 Å². The molecule has 0 saturated carbocycles. The van der Waals surface area contributed by atoms with E-state index in [2.05, 4.69) is 10.3 Å². The standard InChI is InChI=1S/C27H25N5O2/c1-17(33)31-15-18-6-5-7-20(14-18)26-25(28)24(27(29)30)23(16-32-26)19-10-12-22(13-11-19)34-21-8-3-2-4-9-21/h2-14,16H,15,28H2,1H3,(H3,29,30)(H,31,33). The number of hydrogen-bond donors (Lipinski definition) is 4. The summed E-state index contributed by atoms with van der Waals surface area (Å²) >= 11 is 0. The number of aromatic nitrogens is 1. The number of nitrogen functional groups attached to an aromatic ring is 2. The van der Waals surface area contributed by atoms with Crippen LogP contribution in [-0.2, 0) is 11.3 Å². The van der Waals surface area contributed by atoms with Crippen LogP contribution in [0, 0.1) is 5.41 Å². The number of carbonyl (C=O) groups excluding carboxylic acids is 1. The van der Waals surface area contributed by atoms with Crippen molar-refractivity contribution in [2.24, 2.45) is 5.73 Å². The van der Waals surface area contributed by atoms with Crippen LogP contribution in [0.3, 0.4) is 0 Å². The minimum Gasteiger partial charge on any atom is -0.457 e. The number of hydrogen-bond acceptors (Lipinski definition) is 5. The highest BCUT2D eigenvalue weighted by Crippen LogP contribution is 2.34. The number of nitrogens with two attached hydrogens (primary N) is 2. The molecule has 1 heterocycles. The van der Waals surface area contributed by atoms with Crippen LogP contribution in [0.25, 0.3) is 22.4 Å². The molecular formula is C27H25N5O2. The van der Waals surface area contributed by atoms with Gasteiger partial charge in [0.25, 0.3) is 0 Å². The molecule has 0 aliphatic carbocycles. The minimum atomic E-state index is -0.143. The Morgan fingerprint density at radius 1 is 0.971 bits per heavy atom. The average molecular weight is 452 g/mol. The highest BCUT2D eigenvalue weighted by Gasteiger charge is 2.18. The molecule has 3 aromatic carbocycles. The van der Waals surface area contributed by atoms with Crippen molar-refractivity contribution in [3.8, 4) is 33.9 Å². The van der Waals surface area contributed by atoms with Gasteiger partial charge in [0.05, 0.1) is 16.9 Å². The molecule has 0 atom stereocenters. The van der Waals surface area contributed by atoms with Crippen LogP contribution < -0.4 is 21.5 Å². The molecule has 0 aliphatic heterocycles. The molecule has 7 heteroatoms. The van der Waals surface area contributed by atoms with Crippen molar-refractivity contribution in [3.63, 3.8) is 0 Å². The van der Waals surface area contributed by atoms with Crippen LogP contribution in [0.4, 0.5) is 5.69 Å². The third-order valence-corrected chi connectivity index (χ3v) is 5.27. The lowest BCUT2D eigenvalue weighted by Crippen LogP contribution is -2.19. The Bertz CT molecular complexity index is 1340. The van der Waals surface area contributed by atoms with Gasteiger partial charge in [-0.25, -0.2) is 0 Å². The summed E-state index contributed by atoms with van der Waals surface area (Å²) in [6.45, 7) is 1.87. The van der Waals surface area contributed by atoms with Gasteiger partial charge in [0.2, 0.25) is 5.91 Å². The largest absolute Gasteiger partial charge is 0.457 e. The van der Waals surface area contributed by atoms with Crippen molar-refractivity contribution in [1.29, 1.82) is 5.41 Å². The van der Waals surface area contributed by atoms with E-state index in [0.717, 1.165) is 22.4 Å². The monoisotopic (exact) mass is 451 g/mol. The third-order valence-electron chi connectivity index (χ3n) is 5.27. The van der Waals surface area contributed by atoms with Crippen LogP contribution in [0.2, 0.25) is 0 Å². The fourth-order valence-electron chi connectivity index (χ4n) is 3.65. The van der Waals surface area contributed by atoms with Gasteiger partial charge in [0.1, 0.15) is 17.3 Å². The van der Waals surface area contributed by atoms with Crippen LogP contribution >= 0.6 is 0 Å². The fourth-order valence-corrected chi connectivity index (χ4v) is 3.65. The van der Waals surface area contributed by atoms with Crippen LogP contribution in [0.15, 0.2) is 85.1 Å². The summed E-state index contributed by atoms with van der Waals surface area (Å²) in [4.78, 5) is 15.8. The summed E-state index contributed by atoms with van der Waals surface area (Å²) in [6, 6.07) is 24.6. The van der Waals surface area contributed by atoms with Crippen molar-refractivity contribution in [2.75, 3.05) is 5.73 Å². The second-order valence-corrected chi connectivity index (χ2v) is 7.77. The Balaban J connectivity index is 1.67. The Morgan fingerprint density at radius 3 is 2.35 bits per heavy atom. The average Bonchev–Trinajstić information content (AvgIpc) is 2.83. The molecule has 6 N–H and O–H groups in total. The maximum absolute atomic E-state index is 11.2. The van der Waals surface area contributed by atoms with Gasteiger partial charge >= 0.3 is 0 Å². The van der Waals surface area contributed by atoms with Crippen LogP contribution in [0.5, 0.6) is 11.5 Å². The number of amidine groups is 1. The van der Waals surface area contributed by atoms with Crippen LogP contribution in [0.1, 0.15) is 18.1 Å². The first-order chi connectivity index (χ1) is 16.4. The lowest BCUT2D eigenvalue weighted by Gasteiger charge is -2.16. The summed E-state index contributed by atoms with van der Waals surface area (Å²) in [5, 5.41) is 10.9. The molecular weight excluding hydrogens is 426 g/mol. The van der Waals surface area contributed by atoms with Gasteiger partial charge in [-0.15, -0.1) is 0 Å². The van der Waals surface area contributed by atoms with E-state index < -0.39 is 0 Å². The Hall–Kier alpha value is -4.65. The predicted octanol–water partition coefficient (Wildman–Crippen LogP) is 4.71. The number of para-hydroxylation sites is 1. The third kappa shape index (κ3) is 5.05. The van der Waals surface area contributed by atoms with E-state index in [0.29, 0.717) is 34.8 Å². The summed E-state index contributed by atoms with van der Waals surface area (Å²) in [6.07, 6.45) is 1.68. The maximum atomic E-state index is 11.2. The lowest BCUT2D eigenvalue weighted by molar-refractivity contribution is -0.119. The lowest BCUT2D eigenvalue weighted by atomic mass is 9.96. The van der Waals surface area contributed by atoms with E-state index in [1.807, 2.05) is 78.9 Å². The summed E-state index contributed by atoms with van der Waals surface area (Å²) < 4.78 is 5.86. The van der Waals surface area contributed by atoms with E-state index in [-0.39, 0.29) is 11.7 Å². The molecule has 1 amide bonds. The molecule has 0 unspecified atom stereocenters. The van der Waals surface area contributed by atoms with E-state index in [4.69, 9.17) is 21.6 Å². The van der Waals surface area contributed by atoms with Gasteiger partial charge in [-0.1, -0.05) is 48.5 Å². The van der Waals surface area contributed by atoms with Gasteiger partial charge in [-0.2, -0.15) is 0 Å². The number of ether oxygens (including phenoxy) is 1. The van der Waals surface area contributed by atoms with Crippen molar-refractivity contribution in [2.45, 2.75) is 13.5 Å². The highest BCUT2D eigenvalue weighted by atomic mass is 16.5. The van der Waals surface area contributed by atoms with Gasteiger partial charge in [-0.05, 0) is 41.5 Å². The van der Waals surface area contributed by atoms with Gasteiger partial charge < -0.3 is 21.5 Å². The number of carbonyl (C=O) groups is 1. The van der Waals surface area contributed by atoms with Crippen molar-refractivity contribution in [1.82, 2.24) is 10.3 Å². The zero-order valence-electron chi connectivity index (χ0n) is 18.7. The smallest absolute Gasteiger partial charge is 0.217 e. The molecule has 4 aromatic rings. The number of anilines is 1. The number of nitrogens with one attached hydrogen (secondary N) is 2. The van der Waals surface area contributed by atoms with Crippen molar-refractivity contribution < 1.29 is 9.53 Å². The molecule has 0 fully saturated rings. The quantitative estimate of drug-likeness (QED) is 0.239. The zero-order valence-corrected chi connectivity index (χ0v) is 18.7. The number of amides is 1. The molecule has 7 nitrogen and oxygen atoms in total. The van der Waals surface area contributed by atoms with Gasteiger partial charge in [-0.3, -0.25) is 15.2 Å². The Labute approximate surface area is 197 Å². The predicted molar refractivity (Wildman–Crippen MR) is 135 cm³/mol. The molecule has 4 rings (SSSR count). The van der Waals surface area contributed by atoms with Crippen molar-refractivity contribution >= 4 is 17.4 Å². The Kier molecular flexibility index (Phi) is 6.54. The zero-order chi connectivity index (χ0) is 24.1. The van der Waals surface area contributed by atoms with Gasteiger partial charge in [0.15, 0.2) is 0 Å². The molecule has 34 heavy (non-hydrogen) atoms. The highest BCUT2D eigenvalue weighted by molar-refractivity contribution is 6.08. The number of pyridine rings is 1. The maximum Gasteiger partial charge on any atom is 0.217 e. The minimum absolute atomic E-state index is 0.105. The van der Waals surface area contributed by atoms with Gasteiger partial charge in [0, 0.05) is 30.8 Å². The number of benzene rings is 3. The molecule has 0 radical (unpaired) electrons.